The average molecular weight is 469 g/mol. The van der Waals surface area contributed by atoms with E-state index in [-0.39, 0.29) is 12.0 Å². The number of anilines is 2. The van der Waals surface area contributed by atoms with Gasteiger partial charge in [-0.3, -0.25) is 10.2 Å². The van der Waals surface area contributed by atoms with Crippen LogP contribution in [0.25, 0.3) is 22.2 Å². The molecule has 0 radical (unpaired) electrons. The third-order valence-electron chi connectivity index (χ3n) is 7.18. The maximum atomic E-state index is 13.3. The maximum Gasteiger partial charge on any atom is 0.272 e. The number of hydrogen-bond donors (Lipinski definition) is 2. The second-order valence-corrected chi connectivity index (χ2v) is 9.43. The van der Waals surface area contributed by atoms with E-state index < -0.39 is 0 Å². The Balaban J connectivity index is 1.27. The van der Waals surface area contributed by atoms with Crippen molar-refractivity contribution >= 4 is 28.4 Å². The number of nitrogens with zero attached hydrogens (tertiary/aromatic N) is 5. The Morgan fingerprint density at radius 3 is 2.63 bits per heavy atom. The second kappa shape index (κ2) is 8.39. The van der Waals surface area contributed by atoms with Crippen molar-refractivity contribution in [3.8, 4) is 11.1 Å². The van der Waals surface area contributed by atoms with E-state index >= 15 is 0 Å². The first-order valence-electron chi connectivity index (χ1n) is 12.0. The Labute approximate surface area is 203 Å². The van der Waals surface area contributed by atoms with Crippen LogP contribution < -0.4 is 10.3 Å². The van der Waals surface area contributed by atoms with Gasteiger partial charge < -0.3 is 14.6 Å². The summed E-state index contributed by atoms with van der Waals surface area (Å²) in [6.45, 7) is 4.18. The van der Waals surface area contributed by atoms with Gasteiger partial charge in [0.15, 0.2) is 0 Å². The van der Waals surface area contributed by atoms with E-state index in [9.17, 15) is 9.90 Å². The van der Waals surface area contributed by atoms with Crippen LogP contribution in [0.4, 0.5) is 11.5 Å². The first-order valence-corrected chi connectivity index (χ1v) is 12.0. The standard InChI is InChI=1S/C27H28N6O2/c1-17-3-5-22-23(25(17)20-7-11-28-26-21(20)10-12-31(26)2)16-33(27(22)35)30-24-6-4-18(15-29-24)32-13-8-19(34)9-14-32/h3-7,10-12,15,19,34H,8-9,13-14,16H2,1-2H3,(H,29,30). The molecule has 0 aliphatic carbocycles. The SMILES string of the molecule is Cc1ccc2c(c1-c1ccnc3c1ccn3C)CN(Nc1ccc(N3CCC(O)CC3)cn1)C2=O. The van der Waals surface area contributed by atoms with Crippen molar-refractivity contribution in [1.82, 2.24) is 19.5 Å². The van der Waals surface area contributed by atoms with Gasteiger partial charge in [-0.1, -0.05) is 6.07 Å². The summed E-state index contributed by atoms with van der Waals surface area (Å²) in [6.07, 6.45) is 7.01. The quantitative estimate of drug-likeness (QED) is 0.473. The predicted molar refractivity (Wildman–Crippen MR) is 136 cm³/mol. The van der Waals surface area contributed by atoms with Crippen molar-refractivity contribution in [2.24, 2.45) is 7.05 Å². The molecular formula is C27H28N6O2. The van der Waals surface area contributed by atoms with Gasteiger partial charge in [-0.25, -0.2) is 15.0 Å². The topological polar surface area (TPSA) is 86.5 Å². The number of pyridine rings is 2. The summed E-state index contributed by atoms with van der Waals surface area (Å²) in [5.41, 5.74) is 10.2. The van der Waals surface area contributed by atoms with Gasteiger partial charge in [0.1, 0.15) is 11.5 Å². The minimum absolute atomic E-state index is 0.0597. The number of aliphatic hydroxyl groups is 1. The third kappa shape index (κ3) is 3.70. The summed E-state index contributed by atoms with van der Waals surface area (Å²) in [6, 6.07) is 12.0. The molecule has 1 aromatic carbocycles. The highest BCUT2D eigenvalue weighted by Crippen LogP contribution is 2.38. The number of benzene rings is 1. The molecule has 5 heterocycles. The molecule has 3 aromatic heterocycles. The Morgan fingerprint density at radius 1 is 1.03 bits per heavy atom. The van der Waals surface area contributed by atoms with Crippen LogP contribution in [0.5, 0.6) is 0 Å². The molecule has 35 heavy (non-hydrogen) atoms. The van der Waals surface area contributed by atoms with Crippen molar-refractivity contribution in [3.05, 3.63) is 71.7 Å². The molecule has 0 atom stereocenters. The summed E-state index contributed by atoms with van der Waals surface area (Å²) in [7, 11) is 1.99. The van der Waals surface area contributed by atoms with Crippen molar-refractivity contribution < 1.29 is 9.90 Å². The van der Waals surface area contributed by atoms with Crippen LogP contribution in [-0.2, 0) is 13.6 Å². The van der Waals surface area contributed by atoms with Crippen molar-refractivity contribution in [2.75, 3.05) is 23.4 Å². The fraction of sp³-hybridized carbons (Fsp3) is 0.296. The van der Waals surface area contributed by atoms with Gasteiger partial charge in [-0.15, -0.1) is 0 Å². The lowest BCUT2D eigenvalue weighted by Gasteiger charge is -2.31. The van der Waals surface area contributed by atoms with Crippen molar-refractivity contribution in [1.29, 1.82) is 0 Å². The molecule has 2 N–H and O–H groups in total. The van der Waals surface area contributed by atoms with Gasteiger partial charge >= 0.3 is 0 Å². The summed E-state index contributed by atoms with van der Waals surface area (Å²) in [4.78, 5) is 24.6. The largest absolute Gasteiger partial charge is 0.393 e. The van der Waals surface area contributed by atoms with E-state index in [1.54, 1.807) is 5.01 Å². The van der Waals surface area contributed by atoms with Crippen molar-refractivity contribution in [3.63, 3.8) is 0 Å². The number of hydrogen-bond acceptors (Lipinski definition) is 6. The van der Waals surface area contributed by atoms with Crippen molar-refractivity contribution in [2.45, 2.75) is 32.4 Å². The Bertz CT molecular complexity index is 1420. The van der Waals surface area contributed by atoms with E-state index in [0.717, 1.165) is 64.9 Å². The van der Waals surface area contributed by atoms with Gasteiger partial charge in [-0.05, 0) is 72.4 Å². The Morgan fingerprint density at radius 2 is 1.86 bits per heavy atom. The molecule has 1 amide bonds. The van der Waals surface area contributed by atoms with Gasteiger partial charge in [0.05, 0.1) is 24.5 Å². The minimum atomic E-state index is -0.207. The van der Waals surface area contributed by atoms with Crippen LogP contribution in [0.15, 0.2) is 55.0 Å². The molecule has 0 saturated carbocycles. The van der Waals surface area contributed by atoms with E-state index in [4.69, 9.17) is 0 Å². The molecule has 0 spiro atoms. The van der Waals surface area contributed by atoms with Crippen LogP contribution in [-0.4, -0.2) is 49.8 Å². The predicted octanol–water partition coefficient (Wildman–Crippen LogP) is 3.89. The van der Waals surface area contributed by atoms with E-state index in [2.05, 4.69) is 33.3 Å². The number of hydrazine groups is 1. The van der Waals surface area contributed by atoms with Gasteiger partial charge in [0.2, 0.25) is 0 Å². The molecule has 0 bridgehead atoms. The lowest BCUT2D eigenvalue weighted by atomic mass is 9.91. The second-order valence-electron chi connectivity index (χ2n) is 9.43. The molecule has 178 valence electrons. The normalized spacial score (nSPS) is 16.3. The number of carbonyl (C=O) groups excluding carboxylic acids is 1. The number of carbonyl (C=O) groups is 1. The molecule has 1 saturated heterocycles. The highest BCUT2D eigenvalue weighted by molar-refractivity contribution is 6.04. The minimum Gasteiger partial charge on any atom is -0.393 e. The average Bonchev–Trinajstić information content (AvgIpc) is 3.40. The molecule has 0 unspecified atom stereocenters. The lowest BCUT2D eigenvalue weighted by molar-refractivity contribution is 0.0814. The Hall–Kier alpha value is -3.91. The number of amides is 1. The summed E-state index contributed by atoms with van der Waals surface area (Å²) >= 11 is 0. The molecular weight excluding hydrogens is 440 g/mol. The van der Waals surface area contributed by atoms with E-state index in [1.165, 1.54) is 0 Å². The fourth-order valence-electron chi connectivity index (χ4n) is 5.25. The van der Waals surface area contributed by atoms with Gasteiger partial charge in [-0.2, -0.15) is 0 Å². The van der Waals surface area contributed by atoms with E-state index in [0.29, 0.717) is 17.9 Å². The fourth-order valence-corrected chi connectivity index (χ4v) is 5.25. The zero-order chi connectivity index (χ0) is 24.1. The molecule has 1 fully saturated rings. The highest BCUT2D eigenvalue weighted by atomic mass is 16.3. The monoisotopic (exact) mass is 468 g/mol. The maximum absolute atomic E-state index is 13.3. The number of aryl methyl sites for hydroxylation is 2. The highest BCUT2D eigenvalue weighted by Gasteiger charge is 2.31. The van der Waals surface area contributed by atoms with Crippen LogP contribution >= 0.6 is 0 Å². The molecule has 2 aliphatic heterocycles. The first kappa shape index (κ1) is 21.6. The Kier molecular flexibility index (Phi) is 5.18. The third-order valence-corrected chi connectivity index (χ3v) is 7.18. The summed E-state index contributed by atoms with van der Waals surface area (Å²) in [5.74, 6) is 0.565. The summed E-state index contributed by atoms with van der Waals surface area (Å²) in [5, 5.41) is 12.5. The van der Waals surface area contributed by atoms with Crippen LogP contribution in [0.1, 0.15) is 34.3 Å². The number of nitrogens with one attached hydrogen (secondary N) is 1. The number of aliphatic hydroxyl groups excluding tert-OH is 1. The zero-order valence-corrected chi connectivity index (χ0v) is 19.9. The van der Waals surface area contributed by atoms with Crippen LogP contribution in [0.3, 0.4) is 0 Å². The molecule has 8 nitrogen and oxygen atoms in total. The summed E-state index contributed by atoms with van der Waals surface area (Å²) < 4.78 is 2.01. The van der Waals surface area contributed by atoms with Gasteiger partial charge in [0, 0.05) is 43.5 Å². The first-order chi connectivity index (χ1) is 17.0. The molecule has 4 aromatic rings. The lowest BCUT2D eigenvalue weighted by Crippen LogP contribution is -2.35. The van der Waals surface area contributed by atoms with Crippen LogP contribution in [0, 0.1) is 6.92 Å². The number of piperidine rings is 1. The molecule has 2 aliphatic rings. The number of rotatable bonds is 4. The molecule has 8 heteroatoms. The zero-order valence-electron chi connectivity index (χ0n) is 19.9. The molecule has 6 rings (SSSR count). The smallest absolute Gasteiger partial charge is 0.272 e. The number of fused-ring (bicyclic) bond motifs is 2. The van der Waals surface area contributed by atoms with Crippen LogP contribution in [0.2, 0.25) is 0 Å². The van der Waals surface area contributed by atoms with Gasteiger partial charge in [0.25, 0.3) is 5.91 Å². The van der Waals surface area contributed by atoms with E-state index in [1.807, 2.05) is 60.5 Å². The number of aromatic nitrogens is 3.